The van der Waals surface area contributed by atoms with Crippen LogP contribution < -0.4 is 10.6 Å². The molecule has 0 spiro atoms. The zero-order valence-electron chi connectivity index (χ0n) is 19.6. The lowest BCUT2D eigenvalue weighted by atomic mass is 9.86. The number of dihydropyridines is 1. The fraction of sp³-hybridized carbons (Fsp3) is 0.320. The summed E-state index contributed by atoms with van der Waals surface area (Å²) in [5, 5.41) is 16.6. The van der Waals surface area contributed by atoms with Crippen LogP contribution in [0.3, 0.4) is 0 Å². The van der Waals surface area contributed by atoms with Crippen molar-refractivity contribution in [3.63, 3.8) is 0 Å². The van der Waals surface area contributed by atoms with Gasteiger partial charge in [-0.15, -0.1) is 0 Å². The number of para-hydroxylation sites is 1. The van der Waals surface area contributed by atoms with Crippen molar-refractivity contribution in [2.75, 3.05) is 31.4 Å². The Balaban J connectivity index is 1.83. The molecular formula is C25H27N3O5S. The van der Waals surface area contributed by atoms with Crippen molar-refractivity contribution in [3.05, 3.63) is 75.4 Å². The van der Waals surface area contributed by atoms with E-state index < -0.39 is 11.9 Å². The van der Waals surface area contributed by atoms with Crippen molar-refractivity contribution < 1.29 is 23.5 Å². The Morgan fingerprint density at radius 1 is 1.18 bits per heavy atom. The van der Waals surface area contributed by atoms with E-state index in [1.165, 1.54) is 25.1 Å². The van der Waals surface area contributed by atoms with Crippen LogP contribution in [-0.4, -0.2) is 38.0 Å². The van der Waals surface area contributed by atoms with Gasteiger partial charge in [0.2, 0.25) is 5.91 Å². The molecular weight excluding hydrogens is 454 g/mol. The number of aryl methyl sites for hydroxylation is 2. The summed E-state index contributed by atoms with van der Waals surface area (Å²) < 4.78 is 15.8. The van der Waals surface area contributed by atoms with Crippen LogP contribution in [-0.2, 0) is 19.1 Å². The second-order valence-corrected chi connectivity index (χ2v) is 8.68. The smallest absolute Gasteiger partial charge is 0.336 e. The van der Waals surface area contributed by atoms with E-state index in [0.29, 0.717) is 16.5 Å². The SMILES string of the molecule is COCCOC(=O)C1=C(C)NC(SCC(=O)Nc2c(C)cccc2C)=C(C#N)[C@H]1c1ccco1. The molecule has 0 saturated carbocycles. The summed E-state index contributed by atoms with van der Waals surface area (Å²) in [6, 6.07) is 11.4. The first-order chi connectivity index (χ1) is 16.4. The van der Waals surface area contributed by atoms with Crippen LogP contribution in [0.1, 0.15) is 29.7 Å². The molecule has 2 aromatic rings. The summed E-state index contributed by atoms with van der Waals surface area (Å²) in [5.74, 6) is -0.995. The molecule has 3 rings (SSSR count). The van der Waals surface area contributed by atoms with Gasteiger partial charge in [-0.1, -0.05) is 30.0 Å². The van der Waals surface area contributed by atoms with E-state index in [2.05, 4.69) is 16.7 Å². The molecule has 1 aliphatic rings. The zero-order chi connectivity index (χ0) is 24.7. The number of carbonyl (C=O) groups excluding carboxylic acids is 2. The number of benzene rings is 1. The molecule has 1 aromatic carbocycles. The lowest BCUT2D eigenvalue weighted by Crippen LogP contribution is -2.29. The number of furan rings is 1. The summed E-state index contributed by atoms with van der Waals surface area (Å²) in [4.78, 5) is 25.6. The topological polar surface area (TPSA) is 114 Å². The third-order valence-corrected chi connectivity index (χ3v) is 6.33. The van der Waals surface area contributed by atoms with Crippen molar-refractivity contribution >= 4 is 29.3 Å². The Labute approximate surface area is 203 Å². The minimum Gasteiger partial charge on any atom is -0.468 e. The second-order valence-electron chi connectivity index (χ2n) is 7.70. The van der Waals surface area contributed by atoms with E-state index in [9.17, 15) is 14.9 Å². The summed E-state index contributed by atoms with van der Waals surface area (Å²) in [7, 11) is 1.52. The first-order valence-electron chi connectivity index (χ1n) is 10.7. The maximum atomic E-state index is 12.9. The Morgan fingerprint density at radius 3 is 2.53 bits per heavy atom. The van der Waals surface area contributed by atoms with Crippen LogP contribution in [0, 0.1) is 25.2 Å². The Bertz CT molecular complexity index is 1140. The number of nitrogens with one attached hydrogen (secondary N) is 2. The molecule has 0 radical (unpaired) electrons. The average Bonchev–Trinajstić information content (AvgIpc) is 3.34. The van der Waals surface area contributed by atoms with Crippen LogP contribution in [0.2, 0.25) is 0 Å². The first-order valence-corrected chi connectivity index (χ1v) is 11.7. The molecule has 0 aliphatic carbocycles. The maximum absolute atomic E-state index is 12.9. The summed E-state index contributed by atoms with van der Waals surface area (Å²) in [5.41, 5.74) is 3.82. The minimum absolute atomic E-state index is 0.0764. The van der Waals surface area contributed by atoms with E-state index in [0.717, 1.165) is 16.8 Å². The van der Waals surface area contributed by atoms with Gasteiger partial charge in [-0.25, -0.2) is 4.79 Å². The standard InChI is InChI=1S/C25H27N3O5S/c1-15-7-5-8-16(2)23(15)28-20(29)14-34-24-18(13-26)22(19-9-6-10-32-19)21(17(3)27-24)25(30)33-12-11-31-4/h5-10,22,27H,11-12,14H2,1-4H3,(H,28,29)/t22-/m0/s1. The number of carbonyl (C=O) groups is 2. The van der Waals surface area contributed by atoms with Gasteiger partial charge in [-0.05, 0) is 44.0 Å². The molecule has 0 fully saturated rings. The molecule has 2 N–H and O–H groups in total. The van der Waals surface area contributed by atoms with Crippen molar-refractivity contribution in [1.29, 1.82) is 5.26 Å². The van der Waals surface area contributed by atoms with Gasteiger partial charge < -0.3 is 24.5 Å². The molecule has 1 atom stereocenters. The van der Waals surface area contributed by atoms with Crippen molar-refractivity contribution in [3.8, 4) is 6.07 Å². The second kappa shape index (κ2) is 11.6. The molecule has 178 valence electrons. The third-order valence-electron chi connectivity index (χ3n) is 5.31. The molecule has 0 bridgehead atoms. The van der Waals surface area contributed by atoms with Gasteiger partial charge in [0, 0.05) is 18.5 Å². The van der Waals surface area contributed by atoms with Gasteiger partial charge in [0.1, 0.15) is 12.4 Å². The van der Waals surface area contributed by atoms with E-state index in [1.54, 1.807) is 19.1 Å². The van der Waals surface area contributed by atoms with E-state index in [-0.39, 0.29) is 36.0 Å². The number of nitriles is 1. The Hall–Kier alpha value is -3.48. The summed E-state index contributed by atoms with van der Waals surface area (Å²) in [6.45, 7) is 5.94. The maximum Gasteiger partial charge on any atom is 0.336 e. The minimum atomic E-state index is -0.750. The molecule has 1 aliphatic heterocycles. The van der Waals surface area contributed by atoms with Crippen LogP contribution in [0.15, 0.2) is 62.9 Å². The molecule has 1 aromatic heterocycles. The van der Waals surface area contributed by atoms with Crippen LogP contribution >= 0.6 is 11.8 Å². The number of methoxy groups -OCH3 is 1. The van der Waals surface area contributed by atoms with Gasteiger partial charge >= 0.3 is 5.97 Å². The van der Waals surface area contributed by atoms with E-state index >= 15 is 0 Å². The molecule has 9 heteroatoms. The number of rotatable bonds is 9. The van der Waals surface area contributed by atoms with Crippen molar-refractivity contribution in [1.82, 2.24) is 5.32 Å². The van der Waals surface area contributed by atoms with Crippen molar-refractivity contribution in [2.45, 2.75) is 26.7 Å². The number of hydrogen-bond acceptors (Lipinski definition) is 8. The predicted octanol–water partition coefficient (Wildman–Crippen LogP) is 4.15. The lowest BCUT2D eigenvalue weighted by Gasteiger charge is -2.27. The molecule has 0 saturated heterocycles. The Morgan fingerprint density at radius 2 is 1.91 bits per heavy atom. The largest absolute Gasteiger partial charge is 0.468 e. The number of anilines is 1. The highest BCUT2D eigenvalue weighted by atomic mass is 32.2. The number of amides is 1. The molecule has 1 amide bonds. The number of allylic oxidation sites excluding steroid dienone is 2. The van der Waals surface area contributed by atoms with Gasteiger partial charge in [-0.2, -0.15) is 5.26 Å². The Kier molecular flexibility index (Phi) is 8.57. The summed E-state index contributed by atoms with van der Waals surface area (Å²) >= 11 is 1.20. The van der Waals surface area contributed by atoms with Crippen LogP contribution in [0.5, 0.6) is 0 Å². The van der Waals surface area contributed by atoms with E-state index in [1.807, 2.05) is 32.0 Å². The summed E-state index contributed by atoms with van der Waals surface area (Å²) in [6.07, 6.45) is 1.49. The van der Waals surface area contributed by atoms with E-state index in [4.69, 9.17) is 13.9 Å². The third kappa shape index (κ3) is 5.71. The first kappa shape index (κ1) is 25.1. The van der Waals surface area contributed by atoms with Gasteiger partial charge in [0.25, 0.3) is 0 Å². The number of thioether (sulfide) groups is 1. The van der Waals surface area contributed by atoms with Crippen molar-refractivity contribution in [2.24, 2.45) is 0 Å². The molecule has 2 heterocycles. The normalized spacial score (nSPS) is 15.6. The highest BCUT2D eigenvalue weighted by molar-refractivity contribution is 8.03. The lowest BCUT2D eigenvalue weighted by molar-refractivity contribution is -0.140. The molecule has 34 heavy (non-hydrogen) atoms. The van der Waals surface area contributed by atoms with Crippen LogP contribution in [0.25, 0.3) is 0 Å². The fourth-order valence-electron chi connectivity index (χ4n) is 3.66. The zero-order valence-corrected chi connectivity index (χ0v) is 20.4. The fourth-order valence-corrected chi connectivity index (χ4v) is 4.55. The predicted molar refractivity (Wildman–Crippen MR) is 130 cm³/mol. The number of nitrogens with zero attached hydrogens (tertiary/aromatic N) is 1. The number of hydrogen-bond donors (Lipinski definition) is 2. The van der Waals surface area contributed by atoms with Crippen LogP contribution in [0.4, 0.5) is 5.69 Å². The highest BCUT2D eigenvalue weighted by Crippen LogP contribution is 2.41. The van der Waals surface area contributed by atoms with Gasteiger partial charge in [0.05, 0.1) is 46.8 Å². The quantitative estimate of drug-likeness (QED) is 0.406. The highest BCUT2D eigenvalue weighted by Gasteiger charge is 2.37. The monoisotopic (exact) mass is 481 g/mol. The van der Waals surface area contributed by atoms with Gasteiger partial charge in [-0.3, -0.25) is 4.79 Å². The van der Waals surface area contributed by atoms with Gasteiger partial charge in [0.15, 0.2) is 0 Å². The molecule has 0 unspecified atom stereocenters. The average molecular weight is 482 g/mol. The number of esters is 1. The molecule has 8 nitrogen and oxygen atoms in total. The number of ether oxygens (including phenoxy) is 2.